The van der Waals surface area contributed by atoms with E-state index < -0.39 is 33.8 Å². The van der Waals surface area contributed by atoms with Gasteiger partial charge in [-0.05, 0) is 31.3 Å². The van der Waals surface area contributed by atoms with Gasteiger partial charge < -0.3 is 9.47 Å². The van der Waals surface area contributed by atoms with Gasteiger partial charge in [-0.2, -0.15) is 9.76 Å². The number of rotatable bonds is 6. The van der Waals surface area contributed by atoms with Crippen molar-refractivity contribution in [2.45, 2.75) is 11.8 Å². The molecule has 2 rings (SSSR count). The Bertz CT molecular complexity index is 958. The average Bonchev–Trinajstić information content (AvgIpc) is 2.94. The van der Waals surface area contributed by atoms with Crippen molar-refractivity contribution in [1.29, 1.82) is 0 Å². The Balaban J connectivity index is 2.20. The van der Waals surface area contributed by atoms with Crippen LogP contribution in [0.2, 0.25) is 0 Å². The van der Waals surface area contributed by atoms with E-state index in [2.05, 4.69) is 9.84 Å². The highest BCUT2D eigenvalue weighted by Crippen LogP contribution is 2.19. The summed E-state index contributed by atoms with van der Waals surface area (Å²) in [7, 11) is 2.62. The van der Waals surface area contributed by atoms with Crippen molar-refractivity contribution in [3.05, 3.63) is 34.4 Å². The normalized spacial score (nSPS) is 11.7. The summed E-state index contributed by atoms with van der Waals surface area (Å²) in [5, 5.41) is 3.84. The fraction of sp³-hybridized carbons (Fsp3) is 0.286. The molecule has 0 radical (unpaired) electrons. The lowest BCUT2D eigenvalue weighted by molar-refractivity contribution is 0.0595. The number of nitrogens with zero attached hydrogens (tertiary/aromatic N) is 3. The Hall–Kier alpha value is -2.64. The molecule has 2 aromatic rings. The Morgan fingerprint density at radius 3 is 2.74 bits per heavy atom. The summed E-state index contributed by atoms with van der Waals surface area (Å²) in [5.41, 5.74) is 1.53. The monoisotopic (exact) mass is 418 g/mol. The van der Waals surface area contributed by atoms with Crippen LogP contribution < -0.4 is 10.2 Å². The highest BCUT2D eigenvalue weighted by Gasteiger charge is 2.23. The number of hydrogen-bond acceptors (Lipinski definition) is 8. The van der Waals surface area contributed by atoms with Gasteiger partial charge in [-0.15, -0.1) is 9.78 Å². The number of nitrogens with one attached hydrogen (secondary N) is 1. The summed E-state index contributed by atoms with van der Waals surface area (Å²) in [6.45, 7) is 2.02. The zero-order valence-corrected chi connectivity index (χ0v) is 16.1. The molecule has 27 heavy (non-hydrogen) atoms. The van der Waals surface area contributed by atoms with Gasteiger partial charge in [0.05, 0.1) is 19.3 Å². The van der Waals surface area contributed by atoms with Crippen molar-refractivity contribution < 1.29 is 31.9 Å². The molecule has 0 fully saturated rings. The van der Waals surface area contributed by atoms with E-state index in [0.29, 0.717) is 6.61 Å². The first kappa shape index (κ1) is 20.7. The Labute approximate surface area is 160 Å². The lowest BCUT2D eigenvalue weighted by Gasteiger charge is -2.09. The third kappa shape index (κ3) is 4.37. The predicted molar refractivity (Wildman–Crippen MR) is 92.4 cm³/mol. The summed E-state index contributed by atoms with van der Waals surface area (Å²) in [5.74, 6) is -1.89. The molecule has 1 atom stereocenters. The lowest BCUT2D eigenvalue weighted by Crippen LogP contribution is -2.31. The summed E-state index contributed by atoms with van der Waals surface area (Å²) >= 11 is 2.49. The fourth-order valence-electron chi connectivity index (χ4n) is 1.91. The highest BCUT2D eigenvalue weighted by atomic mass is 32.2. The number of hydroxylamine groups is 1. The van der Waals surface area contributed by atoms with Gasteiger partial charge in [0.15, 0.2) is 0 Å². The number of ether oxygens (including phenoxy) is 2. The molecule has 0 spiro atoms. The third-order valence-corrected chi connectivity index (χ3v) is 4.58. The minimum absolute atomic E-state index is 0.0218. The van der Waals surface area contributed by atoms with Crippen molar-refractivity contribution in [3.8, 4) is 6.01 Å². The Morgan fingerprint density at radius 2 is 2.11 bits per heavy atom. The standard InChI is InChI=1S/C14H15FN4O6S2/c1-4-24-13-16-19(14(26)18(13)2)12(21)17-25-27(22)10-8(11(20)23-3)6-5-7-9(10)15/h5-7H,4H2,1-3H3,(H,17,21). The Morgan fingerprint density at radius 1 is 1.41 bits per heavy atom. The third-order valence-electron chi connectivity index (χ3n) is 3.15. The zero-order chi connectivity index (χ0) is 20.1. The van der Waals surface area contributed by atoms with E-state index in [-0.39, 0.29) is 16.3 Å². The van der Waals surface area contributed by atoms with Crippen LogP contribution in [0.4, 0.5) is 9.18 Å². The quantitative estimate of drug-likeness (QED) is 0.426. The second kappa shape index (κ2) is 8.83. The summed E-state index contributed by atoms with van der Waals surface area (Å²) in [6.07, 6.45) is 0. The second-order valence-corrected chi connectivity index (χ2v) is 6.21. The predicted octanol–water partition coefficient (Wildman–Crippen LogP) is 1.49. The molecule has 1 heterocycles. The van der Waals surface area contributed by atoms with Gasteiger partial charge in [-0.1, -0.05) is 6.07 Å². The van der Waals surface area contributed by atoms with E-state index in [0.717, 1.165) is 17.9 Å². The number of esters is 1. The number of carbonyl (C=O) groups is 2. The molecule has 1 aromatic heterocycles. The van der Waals surface area contributed by atoms with Crippen molar-refractivity contribution in [2.75, 3.05) is 13.7 Å². The van der Waals surface area contributed by atoms with Crippen LogP contribution in [0, 0.1) is 10.6 Å². The molecular weight excluding hydrogens is 403 g/mol. The molecule has 146 valence electrons. The van der Waals surface area contributed by atoms with Crippen LogP contribution in [0.5, 0.6) is 6.01 Å². The second-order valence-electron chi connectivity index (χ2n) is 4.80. The van der Waals surface area contributed by atoms with Crippen molar-refractivity contribution in [1.82, 2.24) is 19.8 Å². The van der Waals surface area contributed by atoms with Crippen molar-refractivity contribution >= 4 is 35.3 Å². The molecule has 0 saturated heterocycles. The SMILES string of the molecule is CCOc1nn(C(=O)NOS(=O)c2c(F)cccc2C(=O)OC)c(=S)n1C. The number of halogens is 1. The number of aromatic nitrogens is 3. The summed E-state index contributed by atoms with van der Waals surface area (Å²) < 4.78 is 42.7. The van der Waals surface area contributed by atoms with Crippen LogP contribution in [0.25, 0.3) is 0 Å². The van der Waals surface area contributed by atoms with Crippen LogP contribution in [0.3, 0.4) is 0 Å². The molecular formula is C14H15FN4O6S2. The van der Waals surface area contributed by atoms with Gasteiger partial charge >= 0.3 is 18.0 Å². The molecule has 0 aliphatic rings. The zero-order valence-electron chi connectivity index (χ0n) is 14.4. The van der Waals surface area contributed by atoms with Crippen LogP contribution in [0.1, 0.15) is 17.3 Å². The van der Waals surface area contributed by atoms with E-state index in [1.165, 1.54) is 23.7 Å². The first-order valence-corrected chi connectivity index (χ1v) is 8.85. The molecule has 0 aliphatic heterocycles. The number of carbonyl (C=O) groups excluding carboxylic acids is 2. The number of hydrogen-bond donors (Lipinski definition) is 1. The molecule has 1 aromatic carbocycles. The van der Waals surface area contributed by atoms with E-state index in [4.69, 9.17) is 21.2 Å². The fourth-order valence-corrected chi connectivity index (χ4v) is 2.90. The minimum Gasteiger partial charge on any atom is -0.465 e. The van der Waals surface area contributed by atoms with E-state index in [1.54, 1.807) is 6.92 Å². The van der Waals surface area contributed by atoms with E-state index in [1.807, 2.05) is 5.48 Å². The molecule has 1 N–H and O–H groups in total. The molecule has 0 saturated carbocycles. The number of benzene rings is 1. The van der Waals surface area contributed by atoms with Gasteiger partial charge in [0, 0.05) is 7.05 Å². The van der Waals surface area contributed by atoms with E-state index >= 15 is 0 Å². The van der Waals surface area contributed by atoms with Crippen LogP contribution >= 0.6 is 12.2 Å². The maximum atomic E-state index is 14.0. The molecule has 10 nitrogen and oxygen atoms in total. The lowest BCUT2D eigenvalue weighted by atomic mass is 10.2. The first-order chi connectivity index (χ1) is 12.8. The van der Waals surface area contributed by atoms with Crippen molar-refractivity contribution in [3.63, 3.8) is 0 Å². The van der Waals surface area contributed by atoms with Gasteiger partial charge in [0.25, 0.3) is 0 Å². The average molecular weight is 418 g/mol. The molecule has 0 bridgehead atoms. The topological polar surface area (TPSA) is 114 Å². The summed E-state index contributed by atoms with van der Waals surface area (Å²) in [4.78, 5) is 23.2. The van der Waals surface area contributed by atoms with Crippen LogP contribution in [0.15, 0.2) is 23.1 Å². The smallest absolute Gasteiger partial charge is 0.369 e. The van der Waals surface area contributed by atoms with Gasteiger partial charge in [0.2, 0.25) is 15.9 Å². The largest absolute Gasteiger partial charge is 0.465 e. The first-order valence-electron chi connectivity index (χ1n) is 7.36. The Kier molecular flexibility index (Phi) is 6.76. The molecule has 1 unspecified atom stereocenters. The van der Waals surface area contributed by atoms with Gasteiger partial charge in [-0.25, -0.2) is 18.2 Å². The maximum absolute atomic E-state index is 14.0. The van der Waals surface area contributed by atoms with Gasteiger partial charge in [0.1, 0.15) is 10.7 Å². The molecule has 1 amide bonds. The van der Waals surface area contributed by atoms with Crippen LogP contribution in [-0.2, 0) is 27.1 Å². The van der Waals surface area contributed by atoms with Crippen molar-refractivity contribution in [2.24, 2.45) is 7.05 Å². The highest BCUT2D eigenvalue weighted by molar-refractivity contribution is 7.80. The number of amides is 1. The maximum Gasteiger partial charge on any atom is 0.369 e. The minimum atomic E-state index is -2.55. The van der Waals surface area contributed by atoms with Crippen LogP contribution in [-0.4, -0.2) is 44.3 Å². The molecule has 0 aliphatic carbocycles. The van der Waals surface area contributed by atoms with Gasteiger partial charge in [-0.3, -0.25) is 4.57 Å². The van der Waals surface area contributed by atoms with E-state index in [9.17, 15) is 18.2 Å². The number of methoxy groups -OCH3 is 1. The molecule has 13 heteroatoms. The summed E-state index contributed by atoms with van der Waals surface area (Å²) in [6, 6.07) is 2.51.